The van der Waals surface area contributed by atoms with Crippen LogP contribution in [0.15, 0.2) is 0 Å². The predicted octanol–water partition coefficient (Wildman–Crippen LogP) is 5.53. The fourth-order valence-electron chi connectivity index (χ4n) is 2.02. The van der Waals surface area contributed by atoms with E-state index in [1.807, 2.05) is 6.29 Å². The smallest absolute Gasteiger partial charge is 0.198 e. The molecule has 0 aliphatic heterocycles. The van der Waals surface area contributed by atoms with Gasteiger partial charge in [0.15, 0.2) is 6.29 Å². The maximum absolute atomic E-state index is 10.00. The normalized spacial score (nSPS) is 10.7. The van der Waals surface area contributed by atoms with Crippen LogP contribution >= 0.6 is 11.8 Å². The average Bonchev–Trinajstić information content (AvgIpc) is 2.39. The Morgan fingerprint density at radius 2 is 1.22 bits per heavy atom. The highest BCUT2D eigenvalue weighted by atomic mass is 32.2. The van der Waals surface area contributed by atoms with E-state index < -0.39 is 0 Å². The van der Waals surface area contributed by atoms with Gasteiger partial charge in [-0.3, -0.25) is 4.79 Å². The summed E-state index contributed by atoms with van der Waals surface area (Å²) in [6.45, 7) is 2.27. The summed E-state index contributed by atoms with van der Waals surface area (Å²) in [6, 6.07) is 0. The Hall–Kier alpha value is 0.0200. The number of carbonyl (C=O) groups excluding carboxylic acids is 1. The van der Waals surface area contributed by atoms with Gasteiger partial charge in [-0.1, -0.05) is 58.3 Å². The highest BCUT2D eigenvalue weighted by molar-refractivity contribution is 7.99. The molecule has 0 fully saturated rings. The van der Waals surface area contributed by atoms with Crippen LogP contribution in [0.3, 0.4) is 0 Å². The molecule has 0 aromatic carbocycles. The maximum atomic E-state index is 10.00. The number of hydrogen-bond donors (Lipinski definition) is 0. The standard InChI is InChI=1S/C16H31OS/c1-2-3-4-5-9-12-15-18-16-13-10-7-6-8-11-14-17/h2-13,15-16H2,1H3. The monoisotopic (exact) mass is 271 g/mol. The van der Waals surface area contributed by atoms with Gasteiger partial charge in [0.05, 0.1) is 0 Å². The van der Waals surface area contributed by atoms with Crippen molar-refractivity contribution in [3.8, 4) is 0 Å². The Kier molecular flexibility index (Phi) is 17.0. The minimum atomic E-state index is 0.632. The number of unbranched alkanes of at least 4 members (excludes halogenated alkanes) is 10. The zero-order chi connectivity index (χ0) is 13.3. The summed E-state index contributed by atoms with van der Waals surface area (Å²) >= 11 is 2.12. The summed E-state index contributed by atoms with van der Waals surface area (Å²) in [7, 11) is 0. The van der Waals surface area contributed by atoms with Crippen molar-refractivity contribution >= 4 is 18.0 Å². The van der Waals surface area contributed by atoms with Crippen LogP contribution in [-0.2, 0) is 4.79 Å². The highest BCUT2D eigenvalue weighted by Gasteiger charge is 1.93. The minimum Gasteiger partial charge on any atom is -0.291 e. The van der Waals surface area contributed by atoms with Crippen molar-refractivity contribution in [3.05, 3.63) is 0 Å². The zero-order valence-electron chi connectivity index (χ0n) is 12.2. The van der Waals surface area contributed by atoms with Gasteiger partial charge in [0.25, 0.3) is 0 Å². The first kappa shape index (κ1) is 18.0. The molecule has 0 aliphatic carbocycles. The summed E-state index contributed by atoms with van der Waals surface area (Å²) in [5.74, 6) is 2.68. The van der Waals surface area contributed by atoms with Crippen LogP contribution in [-0.4, -0.2) is 17.8 Å². The van der Waals surface area contributed by atoms with Gasteiger partial charge in [0, 0.05) is 6.42 Å². The molecule has 0 atom stereocenters. The molecule has 0 spiro atoms. The van der Waals surface area contributed by atoms with Crippen molar-refractivity contribution < 1.29 is 4.79 Å². The van der Waals surface area contributed by atoms with Crippen molar-refractivity contribution in [2.24, 2.45) is 0 Å². The second-order valence-corrected chi connectivity index (χ2v) is 6.27. The first-order valence-electron chi connectivity index (χ1n) is 7.84. The Bertz CT molecular complexity index is 159. The maximum Gasteiger partial charge on any atom is 0.198 e. The van der Waals surface area contributed by atoms with Crippen molar-refractivity contribution in [3.63, 3.8) is 0 Å². The molecule has 0 aliphatic rings. The van der Waals surface area contributed by atoms with Crippen LogP contribution < -0.4 is 0 Å². The van der Waals surface area contributed by atoms with E-state index in [9.17, 15) is 4.79 Å². The summed E-state index contributed by atoms with van der Waals surface area (Å²) < 4.78 is 0. The molecule has 1 radical (unpaired) electrons. The fraction of sp³-hybridized carbons (Fsp3) is 0.938. The Morgan fingerprint density at radius 1 is 0.722 bits per heavy atom. The second-order valence-electron chi connectivity index (χ2n) is 5.04. The van der Waals surface area contributed by atoms with E-state index in [4.69, 9.17) is 0 Å². The molecule has 107 valence electrons. The van der Waals surface area contributed by atoms with Crippen LogP contribution in [0.25, 0.3) is 0 Å². The molecule has 1 nitrogen and oxygen atoms in total. The third kappa shape index (κ3) is 16.0. The van der Waals surface area contributed by atoms with Crippen molar-refractivity contribution in [1.29, 1.82) is 0 Å². The predicted molar refractivity (Wildman–Crippen MR) is 84.1 cm³/mol. The lowest BCUT2D eigenvalue weighted by Gasteiger charge is -2.02. The van der Waals surface area contributed by atoms with Crippen LogP contribution in [0.5, 0.6) is 0 Å². The Labute approximate surface area is 118 Å². The summed E-state index contributed by atoms with van der Waals surface area (Å²) in [6.07, 6.45) is 17.3. The van der Waals surface area contributed by atoms with Crippen LogP contribution in [0.1, 0.15) is 84.0 Å². The van der Waals surface area contributed by atoms with Crippen LogP contribution in [0.2, 0.25) is 0 Å². The molecule has 0 aromatic rings. The molecule has 18 heavy (non-hydrogen) atoms. The SMILES string of the molecule is CCCCCCCCSCCCCCCC[C]=O. The lowest BCUT2D eigenvalue weighted by Crippen LogP contribution is -1.86. The number of rotatable bonds is 15. The molecule has 0 unspecified atom stereocenters. The van der Waals surface area contributed by atoms with Gasteiger partial charge in [0.2, 0.25) is 0 Å². The van der Waals surface area contributed by atoms with E-state index in [1.54, 1.807) is 0 Å². The molecule has 0 rings (SSSR count). The lowest BCUT2D eigenvalue weighted by molar-refractivity contribution is 0.543. The quantitative estimate of drug-likeness (QED) is 0.364. The Morgan fingerprint density at radius 3 is 1.78 bits per heavy atom. The van der Waals surface area contributed by atoms with Crippen molar-refractivity contribution in [1.82, 2.24) is 0 Å². The minimum absolute atomic E-state index is 0.632. The number of hydrogen-bond acceptors (Lipinski definition) is 2. The molecule has 0 N–H and O–H groups in total. The van der Waals surface area contributed by atoms with E-state index in [0.717, 1.165) is 6.42 Å². The van der Waals surface area contributed by atoms with Crippen LogP contribution in [0, 0.1) is 0 Å². The molecule has 0 saturated carbocycles. The van der Waals surface area contributed by atoms with Crippen LogP contribution in [0.4, 0.5) is 0 Å². The first-order chi connectivity index (χ1) is 8.91. The van der Waals surface area contributed by atoms with E-state index in [0.29, 0.717) is 6.42 Å². The molecule has 0 heterocycles. The van der Waals surface area contributed by atoms with Gasteiger partial charge in [-0.05, 0) is 30.8 Å². The third-order valence-electron chi connectivity index (χ3n) is 3.21. The van der Waals surface area contributed by atoms with E-state index in [-0.39, 0.29) is 0 Å². The Balaban J connectivity index is 2.88. The molecule has 0 saturated heterocycles. The third-order valence-corrected chi connectivity index (χ3v) is 4.36. The van der Waals surface area contributed by atoms with Gasteiger partial charge >= 0.3 is 0 Å². The van der Waals surface area contributed by atoms with E-state index in [1.165, 1.54) is 75.7 Å². The molecular weight excluding hydrogens is 240 g/mol. The van der Waals surface area contributed by atoms with Gasteiger partial charge in [-0.15, -0.1) is 0 Å². The highest BCUT2D eigenvalue weighted by Crippen LogP contribution is 2.12. The molecule has 0 bridgehead atoms. The second kappa shape index (κ2) is 17.0. The molecule has 0 amide bonds. The first-order valence-corrected chi connectivity index (χ1v) is 9.00. The largest absolute Gasteiger partial charge is 0.291 e. The van der Waals surface area contributed by atoms with E-state index in [2.05, 4.69) is 18.7 Å². The lowest BCUT2D eigenvalue weighted by atomic mass is 10.1. The van der Waals surface area contributed by atoms with Gasteiger partial charge in [-0.2, -0.15) is 11.8 Å². The number of thioether (sulfide) groups is 1. The van der Waals surface area contributed by atoms with Crippen molar-refractivity contribution in [2.45, 2.75) is 84.0 Å². The van der Waals surface area contributed by atoms with Gasteiger partial charge in [-0.25, -0.2) is 0 Å². The topological polar surface area (TPSA) is 17.1 Å². The zero-order valence-corrected chi connectivity index (χ0v) is 13.0. The fourth-order valence-corrected chi connectivity index (χ4v) is 3.04. The summed E-state index contributed by atoms with van der Waals surface area (Å²) in [5, 5.41) is 0. The molecule has 2 heteroatoms. The molecular formula is C16H31OS. The van der Waals surface area contributed by atoms with Crippen molar-refractivity contribution in [2.75, 3.05) is 11.5 Å². The average molecular weight is 271 g/mol. The van der Waals surface area contributed by atoms with Gasteiger partial charge in [0.1, 0.15) is 0 Å². The van der Waals surface area contributed by atoms with E-state index >= 15 is 0 Å². The summed E-state index contributed by atoms with van der Waals surface area (Å²) in [4.78, 5) is 10.00. The molecule has 0 aromatic heterocycles. The van der Waals surface area contributed by atoms with Gasteiger partial charge < -0.3 is 0 Å². The summed E-state index contributed by atoms with van der Waals surface area (Å²) in [5.41, 5.74) is 0.